The number of ether oxygens (including phenoxy) is 1. The van der Waals surface area contributed by atoms with Gasteiger partial charge in [0, 0.05) is 28.6 Å². The molecule has 0 N–H and O–H groups in total. The third-order valence-corrected chi connectivity index (χ3v) is 8.37. The van der Waals surface area contributed by atoms with Gasteiger partial charge in [-0.15, -0.1) is 11.3 Å². The van der Waals surface area contributed by atoms with Gasteiger partial charge >= 0.3 is 12.1 Å². The summed E-state index contributed by atoms with van der Waals surface area (Å²) in [6, 6.07) is 12.4. The van der Waals surface area contributed by atoms with Crippen LogP contribution in [0.15, 0.2) is 53.1 Å². The van der Waals surface area contributed by atoms with Crippen LogP contribution < -0.4 is 4.90 Å². The molecule has 11 heteroatoms. The number of nitrogens with zero attached hydrogens (tertiary/aromatic N) is 3. The summed E-state index contributed by atoms with van der Waals surface area (Å²) < 4.78 is 50.4. The Morgan fingerprint density at radius 1 is 1.07 bits per heavy atom. The van der Waals surface area contributed by atoms with E-state index in [1.165, 1.54) is 23.3 Å². The van der Waals surface area contributed by atoms with E-state index < -0.39 is 24.0 Å². The van der Waals surface area contributed by atoms with Crippen LogP contribution >= 0.6 is 11.3 Å². The van der Waals surface area contributed by atoms with Gasteiger partial charge in [-0.25, -0.2) is 9.78 Å². The molecule has 1 aliphatic carbocycles. The maximum atomic E-state index is 13.7. The van der Waals surface area contributed by atoms with Gasteiger partial charge in [-0.1, -0.05) is 12.1 Å². The summed E-state index contributed by atoms with van der Waals surface area (Å²) in [6.45, 7) is 3.64. The molecule has 0 spiro atoms. The molecule has 3 aromatic heterocycles. The molecule has 0 unspecified atom stereocenters. The molecule has 0 aliphatic heterocycles. The summed E-state index contributed by atoms with van der Waals surface area (Å²) in [4.78, 5) is 37.6. The molecule has 0 saturated heterocycles. The predicted molar refractivity (Wildman–Crippen MR) is 146 cm³/mol. The van der Waals surface area contributed by atoms with Gasteiger partial charge in [-0.05, 0) is 75.4 Å². The van der Waals surface area contributed by atoms with E-state index in [4.69, 9.17) is 9.15 Å². The number of alkyl halides is 3. The zero-order chi connectivity index (χ0) is 28.6. The van der Waals surface area contributed by atoms with Gasteiger partial charge in [0.1, 0.15) is 4.88 Å². The summed E-state index contributed by atoms with van der Waals surface area (Å²) in [5.41, 5.74) is 3.05. The van der Waals surface area contributed by atoms with E-state index >= 15 is 0 Å². The fourth-order valence-corrected chi connectivity index (χ4v) is 6.20. The third kappa shape index (κ3) is 5.47. The van der Waals surface area contributed by atoms with Crippen molar-refractivity contribution in [2.45, 2.75) is 51.7 Å². The molecule has 1 saturated carbocycles. The first-order valence-electron chi connectivity index (χ1n) is 13.0. The Kier molecular flexibility index (Phi) is 7.67. The number of anilines is 1. The number of benzene rings is 1. The molecular weight excluding hydrogens is 543 g/mol. The van der Waals surface area contributed by atoms with E-state index in [1.807, 2.05) is 38.1 Å². The van der Waals surface area contributed by atoms with Crippen LogP contribution in [-0.4, -0.2) is 41.2 Å². The van der Waals surface area contributed by atoms with E-state index in [-0.39, 0.29) is 42.5 Å². The van der Waals surface area contributed by atoms with Crippen molar-refractivity contribution in [1.29, 1.82) is 0 Å². The van der Waals surface area contributed by atoms with Crippen LogP contribution in [0, 0.1) is 11.8 Å². The molecule has 1 amide bonds. The zero-order valence-corrected chi connectivity index (χ0v) is 23.0. The number of methoxy groups -OCH3 is 1. The number of oxazole rings is 1. The second-order valence-corrected chi connectivity index (χ2v) is 11.2. The van der Waals surface area contributed by atoms with E-state index in [9.17, 15) is 22.8 Å². The van der Waals surface area contributed by atoms with Crippen molar-refractivity contribution in [3.63, 3.8) is 0 Å². The number of carbonyl (C=O) groups excluding carboxylic acids is 2. The Hall–Kier alpha value is -3.73. The number of rotatable bonds is 6. The van der Waals surface area contributed by atoms with Gasteiger partial charge in [-0.3, -0.25) is 4.79 Å². The van der Waals surface area contributed by atoms with Gasteiger partial charge in [0.05, 0.1) is 18.7 Å². The van der Waals surface area contributed by atoms with E-state index in [2.05, 4.69) is 9.97 Å². The number of halogens is 3. The highest BCUT2D eigenvalue weighted by molar-refractivity contribution is 7.18. The first-order chi connectivity index (χ1) is 19.1. The van der Waals surface area contributed by atoms with Crippen LogP contribution in [-0.2, 0) is 9.53 Å². The Morgan fingerprint density at radius 2 is 1.75 bits per heavy atom. The predicted octanol–water partition coefficient (Wildman–Crippen LogP) is 7.52. The van der Waals surface area contributed by atoms with E-state index in [0.717, 1.165) is 16.0 Å². The molecule has 1 fully saturated rings. The molecule has 40 heavy (non-hydrogen) atoms. The fourth-order valence-electron chi connectivity index (χ4n) is 5.13. The molecule has 3 heterocycles. The van der Waals surface area contributed by atoms with Gasteiger partial charge in [0.25, 0.3) is 0 Å². The highest BCUT2D eigenvalue weighted by atomic mass is 32.1. The molecule has 210 valence electrons. The zero-order valence-electron chi connectivity index (χ0n) is 22.2. The van der Waals surface area contributed by atoms with Gasteiger partial charge in [0.2, 0.25) is 11.8 Å². The number of aromatic nitrogens is 2. The molecular formula is C29H28F3N3O4S. The number of hydrogen-bond donors (Lipinski definition) is 0. The van der Waals surface area contributed by atoms with Crippen LogP contribution in [0.2, 0.25) is 0 Å². The van der Waals surface area contributed by atoms with Crippen molar-refractivity contribution in [2.75, 3.05) is 12.0 Å². The SMILES string of the molecule is COC(=O)c1sc(-c2ccc(-c3nc4ncccc4o3)cc2)cc1N(C(=O)C1CCC(C(F)(F)F)CC1)C(C)C. The third-order valence-electron chi connectivity index (χ3n) is 7.22. The largest absolute Gasteiger partial charge is 0.465 e. The number of amides is 1. The number of fused-ring (bicyclic) bond motifs is 1. The average Bonchev–Trinajstić information content (AvgIpc) is 3.57. The lowest BCUT2D eigenvalue weighted by molar-refractivity contribution is -0.184. The minimum absolute atomic E-state index is 0.0763. The summed E-state index contributed by atoms with van der Waals surface area (Å²) in [5.74, 6) is -2.35. The lowest BCUT2D eigenvalue weighted by Crippen LogP contribution is -2.43. The number of carbonyl (C=O) groups is 2. The van der Waals surface area contributed by atoms with Crippen molar-refractivity contribution < 1.29 is 31.9 Å². The summed E-state index contributed by atoms with van der Waals surface area (Å²) in [6.07, 6.45) is -2.45. The Balaban J connectivity index is 1.44. The Bertz CT molecular complexity index is 1490. The second kappa shape index (κ2) is 11.0. The minimum atomic E-state index is -4.25. The molecule has 1 aliphatic rings. The first kappa shape index (κ1) is 27.8. The summed E-state index contributed by atoms with van der Waals surface area (Å²) in [5, 5.41) is 0. The van der Waals surface area contributed by atoms with Gasteiger partial charge in [0.15, 0.2) is 11.2 Å². The topological polar surface area (TPSA) is 85.5 Å². The maximum absolute atomic E-state index is 13.7. The highest BCUT2D eigenvalue weighted by Crippen LogP contribution is 2.43. The van der Waals surface area contributed by atoms with Crippen LogP contribution in [0.1, 0.15) is 49.2 Å². The normalized spacial score (nSPS) is 17.8. The van der Waals surface area contributed by atoms with Crippen LogP contribution in [0.25, 0.3) is 33.1 Å². The Labute approximate surface area is 233 Å². The summed E-state index contributed by atoms with van der Waals surface area (Å²) in [7, 11) is 1.27. The lowest BCUT2D eigenvalue weighted by Gasteiger charge is -2.34. The Morgan fingerprint density at radius 3 is 2.35 bits per heavy atom. The number of pyridine rings is 1. The summed E-state index contributed by atoms with van der Waals surface area (Å²) >= 11 is 1.20. The molecule has 4 aromatic rings. The molecule has 1 aromatic carbocycles. The van der Waals surface area contributed by atoms with Crippen molar-refractivity contribution in [1.82, 2.24) is 9.97 Å². The smallest absolute Gasteiger partial charge is 0.391 e. The molecule has 0 bridgehead atoms. The van der Waals surface area contributed by atoms with Crippen molar-refractivity contribution in [2.24, 2.45) is 11.8 Å². The van der Waals surface area contributed by atoms with Crippen LogP contribution in [0.4, 0.5) is 18.9 Å². The van der Waals surface area contributed by atoms with Crippen molar-refractivity contribution in [3.8, 4) is 21.9 Å². The first-order valence-corrected chi connectivity index (χ1v) is 13.8. The van der Waals surface area contributed by atoms with Crippen LogP contribution in [0.5, 0.6) is 0 Å². The van der Waals surface area contributed by atoms with Crippen molar-refractivity contribution in [3.05, 3.63) is 53.5 Å². The quantitative estimate of drug-likeness (QED) is 0.223. The monoisotopic (exact) mass is 571 g/mol. The van der Waals surface area contributed by atoms with Crippen molar-refractivity contribution >= 4 is 40.1 Å². The molecule has 5 rings (SSSR count). The second-order valence-electron chi connectivity index (χ2n) is 10.1. The van der Waals surface area contributed by atoms with Crippen LogP contribution in [0.3, 0.4) is 0 Å². The standard InChI is InChI=1S/C29H28F3N3O4S/c1-16(2)35(27(36)19-10-12-20(13-11-19)29(30,31)32)21-15-23(40-24(21)28(37)38-3)17-6-8-18(9-7-17)26-34-25-22(39-26)5-4-14-33-25/h4-9,14-16,19-20H,10-13H2,1-3H3. The van der Waals surface area contributed by atoms with E-state index in [0.29, 0.717) is 22.8 Å². The fraction of sp³-hybridized carbons (Fsp3) is 0.379. The molecule has 0 radical (unpaired) electrons. The minimum Gasteiger partial charge on any atom is -0.465 e. The number of thiophene rings is 1. The molecule has 0 atom stereocenters. The maximum Gasteiger partial charge on any atom is 0.391 e. The highest BCUT2D eigenvalue weighted by Gasteiger charge is 2.43. The number of hydrogen-bond acceptors (Lipinski definition) is 7. The van der Waals surface area contributed by atoms with E-state index in [1.54, 1.807) is 24.4 Å². The van der Waals surface area contributed by atoms with Gasteiger partial charge < -0.3 is 14.1 Å². The number of esters is 1. The van der Waals surface area contributed by atoms with Gasteiger partial charge in [-0.2, -0.15) is 18.2 Å². The average molecular weight is 572 g/mol. The molecule has 7 nitrogen and oxygen atoms in total. The lowest BCUT2D eigenvalue weighted by atomic mass is 9.81.